The third kappa shape index (κ3) is 6.57. The fraction of sp³-hybridized carbons (Fsp3) is 0.857. The summed E-state index contributed by atoms with van der Waals surface area (Å²) in [5.74, 6) is -0.478. The van der Waals surface area contributed by atoms with Gasteiger partial charge in [-0.25, -0.2) is 0 Å². The van der Waals surface area contributed by atoms with Gasteiger partial charge in [0.05, 0.1) is 12.0 Å². The molecule has 19 heavy (non-hydrogen) atoms. The molecule has 1 amide bonds. The molecule has 0 aromatic carbocycles. The number of rotatable bonds is 5. The van der Waals surface area contributed by atoms with Crippen molar-refractivity contribution in [2.45, 2.75) is 64.6 Å². The molecule has 1 aliphatic rings. The molecule has 110 valence electrons. The summed E-state index contributed by atoms with van der Waals surface area (Å²) in [6, 6.07) is 0. The number of carbonyl (C=O) groups is 2. The maximum Gasteiger partial charge on any atom is 0.306 e. The maximum absolute atomic E-state index is 11.6. The van der Waals surface area contributed by atoms with Gasteiger partial charge in [-0.1, -0.05) is 0 Å². The Hall–Kier alpha value is -1.10. The lowest BCUT2D eigenvalue weighted by Crippen LogP contribution is -2.40. The summed E-state index contributed by atoms with van der Waals surface area (Å²) in [5.41, 5.74) is -0.750. The van der Waals surface area contributed by atoms with Crippen LogP contribution < -0.4 is 5.32 Å². The Morgan fingerprint density at radius 2 is 2.00 bits per heavy atom. The second-order valence-corrected chi connectivity index (χ2v) is 6.27. The number of carbonyl (C=O) groups excluding carboxylic acids is 2. The minimum Gasteiger partial charge on any atom is -0.460 e. The molecule has 0 bridgehead atoms. The molecule has 1 rings (SSSR count). The predicted molar refractivity (Wildman–Crippen MR) is 71.7 cm³/mol. The first-order valence-corrected chi connectivity index (χ1v) is 6.83. The van der Waals surface area contributed by atoms with Crippen LogP contribution in [0.15, 0.2) is 0 Å². The van der Waals surface area contributed by atoms with Crippen molar-refractivity contribution in [3.8, 4) is 0 Å². The summed E-state index contributed by atoms with van der Waals surface area (Å²) in [7, 11) is 0. The lowest BCUT2D eigenvalue weighted by atomic mass is 10.0. The van der Waals surface area contributed by atoms with Crippen molar-refractivity contribution in [2.24, 2.45) is 0 Å². The van der Waals surface area contributed by atoms with Crippen LogP contribution >= 0.6 is 0 Å². The van der Waals surface area contributed by atoms with E-state index in [0.29, 0.717) is 6.54 Å². The van der Waals surface area contributed by atoms with Crippen LogP contribution in [0.3, 0.4) is 0 Å². The van der Waals surface area contributed by atoms with E-state index in [-0.39, 0.29) is 30.3 Å². The summed E-state index contributed by atoms with van der Waals surface area (Å²) >= 11 is 0. The van der Waals surface area contributed by atoms with Gasteiger partial charge in [-0.3, -0.25) is 9.59 Å². The molecule has 5 heteroatoms. The quantitative estimate of drug-likeness (QED) is 0.774. The van der Waals surface area contributed by atoms with Crippen molar-refractivity contribution in [2.75, 3.05) is 13.2 Å². The molecule has 1 aliphatic heterocycles. The SMILES string of the molecule is CC(C)(C)OC(=O)CCC(=O)NCC1(C)CCCO1. The van der Waals surface area contributed by atoms with Gasteiger partial charge < -0.3 is 14.8 Å². The third-order valence-electron chi connectivity index (χ3n) is 2.94. The molecule has 0 aliphatic carbocycles. The average Bonchev–Trinajstić information content (AvgIpc) is 2.69. The zero-order valence-corrected chi connectivity index (χ0v) is 12.4. The van der Waals surface area contributed by atoms with Gasteiger partial charge in [0.2, 0.25) is 5.91 Å². The number of hydrogen-bond donors (Lipinski definition) is 1. The second kappa shape index (κ2) is 6.37. The molecule has 0 saturated carbocycles. The smallest absolute Gasteiger partial charge is 0.306 e. The Morgan fingerprint density at radius 3 is 2.53 bits per heavy atom. The molecular formula is C14H25NO4. The van der Waals surface area contributed by atoms with Gasteiger partial charge in [0.15, 0.2) is 0 Å². The molecule has 1 heterocycles. The molecule has 5 nitrogen and oxygen atoms in total. The van der Waals surface area contributed by atoms with Crippen LogP contribution in [0, 0.1) is 0 Å². The van der Waals surface area contributed by atoms with E-state index in [1.807, 2.05) is 27.7 Å². The lowest BCUT2D eigenvalue weighted by Gasteiger charge is -2.23. The zero-order chi connectivity index (χ0) is 14.5. The standard InChI is InChI=1S/C14H25NO4/c1-13(2,3)19-12(17)7-6-11(16)15-10-14(4)8-5-9-18-14/h5-10H2,1-4H3,(H,15,16). The highest BCUT2D eigenvalue weighted by Crippen LogP contribution is 2.23. The molecule has 0 aromatic heterocycles. The van der Waals surface area contributed by atoms with Gasteiger partial charge in [-0.05, 0) is 40.5 Å². The Kier molecular flexibility index (Phi) is 5.35. The van der Waals surface area contributed by atoms with Crippen LogP contribution in [-0.4, -0.2) is 36.2 Å². The summed E-state index contributed by atoms with van der Waals surface area (Å²) in [6.07, 6.45) is 2.26. The van der Waals surface area contributed by atoms with Crippen molar-refractivity contribution in [3.63, 3.8) is 0 Å². The first-order valence-electron chi connectivity index (χ1n) is 6.83. The number of nitrogens with one attached hydrogen (secondary N) is 1. The zero-order valence-electron chi connectivity index (χ0n) is 12.4. The largest absolute Gasteiger partial charge is 0.460 e. The van der Waals surface area contributed by atoms with Crippen LogP contribution in [0.1, 0.15) is 53.4 Å². The topological polar surface area (TPSA) is 64.6 Å². The van der Waals surface area contributed by atoms with Crippen LogP contribution in [-0.2, 0) is 19.1 Å². The summed E-state index contributed by atoms with van der Waals surface area (Å²) < 4.78 is 10.7. The van der Waals surface area contributed by atoms with Gasteiger partial charge in [-0.15, -0.1) is 0 Å². The third-order valence-corrected chi connectivity index (χ3v) is 2.94. The number of hydrogen-bond acceptors (Lipinski definition) is 4. The number of esters is 1. The fourth-order valence-corrected chi connectivity index (χ4v) is 1.96. The van der Waals surface area contributed by atoms with Gasteiger partial charge in [0, 0.05) is 19.6 Å². The maximum atomic E-state index is 11.6. The van der Waals surface area contributed by atoms with E-state index in [1.165, 1.54) is 0 Å². The van der Waals surface area contributed by atoms with E-state index >= 15 is 0 Å². The van der Waals surface area contributed by atoms with Crippen molar-refractivity contribution in [1.82, 2.24) is 5.32 Å². The molecule has 1 unspecified atom stereocenters. The molecule has 1 fully saturated rings. The van der Waals surface area contributed by atoms with Crippen LogP contribution in [0.5, 0.6) is 0 Å². The molecule has 1 saturated heterocycles. The minimum atomic E-state index is -0.501. The fourth-order valence-electron chi connectivity index (χ4n) is 1.96. The van der Waals surface area contributed by atoms with E-state index in [1.54, 1.807) is 0 Å². The predicted octanol–water partition coefficient (Wildman–Crippen LogP) is 1.79. The van der Waals surface area contributed by atoms with E-state index in [2.05, 4.69) is 5.32 Å². The minimum absolute atomic E-state index is 0.112. The summed E-state index contributed by atoms with van der Waals surface area (Å²) in [5, 5.41) is 2.81. The van der Waals surface area contributed by atoms with E-state index in [9.17, 15) is 9.59 Å². The second-order valence-electron chi connectivity index (χ2n) is 6.27. The normalized spacial score (nSPS) is 23.2. The van der Waals surface area contributed by atoms with Crippen LogP contribution in [0.4, 0.5) is 0 Å². The average molecular weight is 271 g/mol. The van der Waals surface area contributed by atoms with Crippen molar-refractivity contribution in [1.29, 1.82) is 0 Å². The number of ether oxygens (including phenoxy) is 2. The highest BCUT2D eigenvalue weighted by molar-refractivity contribution is 5.81. The summed E-state index contributed by atoms with van der Waals surface area (Å²) in [4.78, 5) is 23.1. The Morgan fingerprint density at radius 1 is 1.32 bits per heavy atom. The van der Waals surface area contributed by atoms with Crippen molar-refractivity contribution < 1.29 is 19.1 Å². The Labute approximate surface area is 115 Å². The highest BCUT2D eigenvalue weighted by atomic mass is 16.6. The van der Waals surface area contributed by atoms with Gasteiger partial charge >= 0.3 is 5.97 Å². The molecule has 1 atom stereocenters. The summed E-state index contributed by atoms with van der Waals surface area (Å²) in [6.45, 7) is 8.67. The van der Waals surface area contributed by atoms with E-state index in [4.69, 9.17) is 9.47 Å². The highest BCUT2D eigenvalue weighted by Gasteiger charge is 2.30. The van der Waals surface area contributed by atoms with Gasteiger partial charge in [0.25, 0.3) is 0 Å². The first-order chi connectivity index (χ1) is 8.70. The van der Waals surface area contributed by atoms with Gasteiger partial charge in [-0.2, -0.15) is 0 Å². The van der Waals surface area contributed by atoms with E-state index in [0.717, 1.165) is 19.4 Å². The molecule has 0 aromatic rings. The van der Waals surface area contributed by atoms with Gasteiger partial charge in [0.1, 0.15) is 5.60 Å². The number of amides is 1. The Bertz CT molecular complexity index is 327. The molecule has 0 spiro atoms. The lowest BCUT2D eigenvalue weighted by molar-refractivity contribution is -0.155. The van der Waals surface area contributed by atoms with Crippen molar-refractivity contribution in [3.05, 3.63) is 0 Å². The Balaban J connectivity index is 2.19. The molecule has 1 N–H and O–H groups in total. The van der Waals surface area contributed by atoms with Crippen LogP contribution in [0.2, 0.25) is 0 Å². The van der Waals surface area contributed by atoms with E-state index < -0.39 is 5.60 Å². The molecular weight excluding hydrogens is 246 g/mol. The van der Waals surface area contributed by atoms with Crippen molar-refractivity contribution >= 4 is 11.9 Å². The first kappa shape index (κ1) is 16.0. The van der Waals surface area contributed by atoms with Crippen LogP contribution in [0.25, 0.3) is 0 Å². The molecule has 0 radical (unpaired) electrons. The monoisotopic (exact) mass is 271 g/mol.